The van der Waals surface area contributed by atoms with Gasteiger partial charge in [0.2, 0.25) is 5.78 Å². The largest absolute Gasteiger partial charge is 0.332 e. The molecule has 8 heteroatoms. The second kappa shape index (κ2) is 5.42. The molecule has 7 nitrogen and oxygen atoms in total. The van der Waals surface area contributed by atoms with Crippen LogP contribution in [0.2, 0.25) is 0 Å². The van der Waals surface area contributed by atoms with Crippen molar-refractivity contribution in [2.24, 2.45) is 7.05 Å². The minimum Gasteiger partial charge on any atom is -0.313 e. The standard InChI is InChI=1S/C15H18ClN5O2/c1-5-7-20-13(22)11-12(18(4)15(20)23)17-14-19(8-6-16)9(2)10(3)21(11)14/h5H,1,6-8H2,2-4H3. The van der Waals surface area contributed by atoms with Crippen LogP contribution in [0.25, 0.3) is 16.9 Å². The van der Waals surface area contributed by atoms with Gasteiger partial charge in [-0.1, -0.05) is 6.08 Å². The molecule has 0 atom stereocenters. The minimum absolute atomic E-state index is 0.162. The molecule has 0 aliphatic heterocycles. The van der Waals surface area contributed by atoms with Crippen molar-refractivity contribution in [3.05, 3.63) is 44.9 Å². The van der Waals surface area contributed by atoms with Gasteiger partial charge >= 0.3 is 5.69 Å². The van der Waals surface area contributed by atoms with Gasteiger partial charge in [-0.05, 0) is 13.8 Å². The zero-order valence-electron chi connectivity index (χ0n) is 13.3. The van der Waals surface area contributed by atoms with Crippen LogP contribution in [0.15, 0.2) is 22.2 Å². The summed E-state index contributed by atoms with van der Waals surface area (Å²) < 4.78 is 6.33. The SMILES string of the molecule is C=CCn1c(=O)c2c(nc3n(CCCl)c(C)c(C)n23)n(C)c1=O. The Labute approximate surface area is 137 Å². The van der Waals surface area contributed by atoms with Crippen molar-refractivity contribution in [2.45, 2.75) is 26.9 Å². The molecule has 0 fully saturated rings. The van der Waals surface area contributed by atoms with Crippen LogP contribution >= 0.6 is 11.6 Å². The third kappa shape index (κ3) is 1.99. The first-order valence-corrected chi connectivity index (χ1v) is 7.82. The molecule has 0 aliphatic rings. The number of alkyl halides is 1. The molecular formula is C15H18ClN5O2. The van der Waals surface area contributed by atoms with Crippen molar-refractivity contribution in [3.8, 4) is 0 Å². The summed E-state index contributed by atoms with van der Waals surface area (Å²) in [7, 11) is 1.62. The lowest BCUT2D eigenvalue weighted by Crippen LogP contribution is -2.39. The van der Waals surface area contributed by atoms with Crippen molar-refractivity contribution in [1.82, 2.24) is 23.1 Å². The second-order valence-corrected chi connectivity index (χ2v) is 5.85. The zero-order chi connectivity index (χ0) is 16.9. The molecular weight excluding hydrogens is 318 g/mol. The van der Waals surface area contributed by atoms with Crippen molar-refractivity contribution in [1.29, 1.82) is 0 Å². The molecule has 0 bridgehead atoms. The molecule has 0 saturated carbocycles. The number of nitrogens with zero attached hydrogens (tertiary/aromatic N) is 5. The van der Waals surface area contributed by atoms with Crippen molar-refractivity contribution in [3.63, 3.8) is 0 Å². The molecule has 0 N–H and O–H groups in total. The van der Waals surface area contributed by atoms with E-state index in [1.165, 1.54) is 10.6 Å². The Morgan fingerprint density at radius 3 is 2.52 bits per heavy atom. The van der Waals surface area contributed by atoms with Gasteiger partial charge in [0.15, 0.2) is 11.2 Å². The number of rotatable bonds is 4. The molecule has 3 aromatic heterocycles. The van der Waals surface area contributed by atoms with Crippen LogP contribution in [0.1, 0.15) is 11.4 Å². The van der Waals surface area contributed by atoms with Crippen molar-refractivity contribution in [2.75, 3.05) is 5.88 Å². The van der Waals surface area contributed by atoms with Gasteiger partial charge in [0.1, 0.15) is 0 Å². The Kier molecular flexibility index (Phi) is 3.68. The Morgan fingerprint density at radius 1 is 1.22 bits per heavy atom. The smallest absolute Gasteiger partial charge is 0.313 e. The highest BCUT2D eigenvalue weighted by atomic mass is 35.5. The number of aromatic nitrogens is 5. The summed E-state index contributed by atoms with van der Waals surface area (Å²) >= 11 is 5.88. The fourth-order valence-electron chi connectivity index (χ4n) is 2.96. The van der Waals surface area contributed by atoms with Gasteiger partial charge in [-0.2, -0.15) is 4.98 Å². The summed E-state index contributed by atoms with van der Waals surface area (Å²) in [6, 6.07) is 0. The van der Waals surface area contributed by atoms with Crippen LogP contribution in [0.3, 0.4) is 0 Å². The average Bonchev–Trinajstić information content (AvgIpc) is 3.02. The van der Waals surface area contributed by atoms with E-state index in [0.717, 1.165) is 16.0 Å². The Morgan fingerprint density at radius 2 is 1.91 bits per heavy atom. The molecule has 0 amide bonds. The van der Waals surface area contributed by atoms with Gasteiger partial charge in [-0.3, -0.25) is 18.3 Å². The number of fused-ring (bicyclic) bond motifs is 3. The first-order valence-electron chi connectivity index (χ1n) is 7.28. The lowest BCUT2D eigenvalue weighted by atomic mass is 10.3. The highest BCUT2D eigenvalue weighted by Crippen LogP contribution is 2.20. The fraction of sp³-hybridized carbons (Fsp3) is 0.400. The van der Waals surface area contributed by atoms with Gasteiger partial charge in [0.05, 0.1) is 0 Å². The normalized spacial score (nSPS) is 11.7. The summed E-state index contributed by atoms with van der Waals surface area (Å²) in [5.74, 6) is 1.06. The molecule has 0 spiro atoms. The maximum atomic E-state index is 12.8. The van der Waals surface area contributed by atoms with Gasteiger partial charge in [0.25, 0.3) is 5.56 Å². The predicted octanol–water partition coefficient (Wildman–Crippen LogP) is 1.19. The zero-order valence-corrected chi connectivity index (χ0v) is 14.1. The highest BCUT2D eigenvalue weighted by molar-refractivity contribution is 6.17. The lowest BCUT2D eigenvalue weighted by Gasteiger charge is -2.06. The van der Waals surface area contributed by atoms with E-state index in [1.807, 2.05) is 18.4 Å². The lowest BCUT2D eigenvalue weighted by molar-refractivity contribution is 0.667. The molecule has 23 heavy (non-hydrogen) atoms. The highest BCUT2D eigenvalue weighted by Gasteiger charge is 2.21. The molecule has 3 heterocycles. The molecule has 122 valence electrons. The van der Waals surface area contributed by atoms with Crippen LogP contribution in [-0.2, 0) is 20.1 Å². The number of hydrogen-bond donors (Lipinski definition) is 0. The Bertz CT molecular complexity index is 1050. The van der Waals surface area contributed by atoms with Gasteiger partial charge < -0.3 is 4.57 Å². The van der Waals surface area contributed by atoms with E-state index in [9.17, 15) is 9.59 Å². The van der Waals surface area contributed by atoms with Gasteiger partial charge in [-0.25, -0.2) is 4.79 Å². The third-order valence-corrected chi connectivity index (χ3v) is 4.42. The van der Waals surface area contributed by atoms with E-state index < -0.39 is 5.69 Å². The van der Waals surface area contributed by atoms with Crippen LogP contribution in [-0.4, -0.2) is 29.0 Å². The van der Waals surface area contributed by atoms with Crippen LogP contribution in [0.4, 0.5) is 0 Å². The summed E-state index contributed by atoms with van der Waals surface area (Å²) in [5, 5.41) is 0. The second-order valence-electron chi connectivity index (χ2n) is 5.48. The first-order chi connectivity index (χ1) is 10.9. The van der Waals surface area contributed by atoms with Gasteiger partial charge in [-0.15, -0.1) is 18.2 Å². The number of aryl methyl sites for hydroxylation is 3. The van der Waals surface area contributed by atoms with Crippen LogP contribution < -0.4 is 11.2 Å². The Hall–Kier alpha value is -2.28. The van der Waals surface area contributed by atoms with E-state index in [4.69, 9.17) is 11.6 Å². The topological polar surface area (TPSA) is 66.2 Å². The van der Waals surface area contributed by atoms with E-state index in [-0.39, 0.29) is 12.1 Å². The first kappa shape index (κ1) is 15.6. The third-order valence-electron chi connectivity index (χ3n) is 4.25. The van der Waals surface area contributed by atoms with Crippen LogP contribution in [0, 0.1) is 13.8 Å². The van der Waals surface area contributed by atoms with E-state index in [0.29, 0.717) is 29.4 Å². The monoisotopic (exact) mass is 335 g/mol. The molecule has 0 aromatic carbocycles. The summed E-state index contributed by atoms with van der Waals surface area (Å²) in [4.78, 5) is 29.7. The number of halogens is 1. The maximum Gasteiger partial charge on any atom is 0.332 e. The average molecular weight is 336 g/mol. The fourth-order valence-corrected chi connectivity index (χ4v) is 3.13. The van der Waals surface area contributed by atoms with E-state index in [2.05, 4.69) is 11.6 Å². The molecule has 3 aromatic rings. The molecule has 0 aliphatic carbocycles. The molecule has 0 unspecified atom stereocenters. The molecule has 3 rings (SSSR count). The van der Waals surface area contributed by atoms with Gasteiger partial charge in [0, 0.05) is 37.4 Å². The quantitative estimate of drug-likeness (QED) is 0.531. The molecule has 0 radical (unpaired) electrons. The molecule has 0 saturated heterocycles. The number of allylic oxidation sites excluding steroid dienone is 1. The summed E-state index contributed by atoms with van der Waals surface area (Å²) in [5.41, 5.74) is 1.93. The van der Waals surface area contributed by atoms with E-state index in [1.54, 1.807) is 11.4 Å². The van der Waals surface area contributed by atoms with Crippen molar-refractivity contribution >= 4 is 28.5 Å². The van der Waals surface area contributed by atoms with Crippen molar-refractivity contribution < 1.29 is 0 Å². The number of imidazole rings is 2. The summed E-state index contributed by atoms with van der Waals surface area (Å²) in [6.45, 7) is 8.25. The maximum absolute atomic E-state index is 12.8. The summed E-state index contributed by atoms with van der Waals surface area (Å²) in [6.07, 6.45) is 1.53. The predicted molar refractivity (Wildman–Crippen MR) is 90.6 cm³/mol. The minimum atomic E-state index is -0.401. The van der Waals surface area contributed by atoms with E-state index >= 15 is 0 Å². The Balaban J connectivity index is 2.58. The number of hydrogen-bond acceptors (Lipinski definition) is 3. The van der Waals surface area contributed by atoms with Crippen LogP contribution in [0.5, 0.6) is 0 Å².